The summed E-state index contributed by atoms with van der Waals surface area (Å²) < 4.78 is 7.17. The molecule has 1 amide bonds. The molecule has 1 fully saturated rings. The van der Waals surface area contributed by atoms with Gasteiger partial charge in [-0.05, 0) is 54.3 Å². The third-order valence-electron chi connectivity index (χ3n) is 6.51. The summed E-state index contributed by atoms with van der Waals surface area (Å²) in [4.78, 5) is 24.9. The van der Waals surface area contributed by atoms with E-state index < -0.39 is 11.5 Å². The number of halogens is 1. The molecule has 0 saturated heterocycles. The zero-order chi connectivity index (χ0) is 24.2. The monoisotopic (exact) mass is 486 g/mol. The fourth-order valence-electron chi connectivity index (χ4n) is 4.55. The van der Waals surface area contributed by atoms with E-state index >= 15 is 0 Å². The van der Waals surface area contributed by atoms with Gasteiger partial charge in [0.05, 0.1) is 46.5 Å². The highest BCUT2D eigenvalue weighted by Crippen LogP contribution is 2.46. The molecule has 0 aliphatic heterocycles. The number of rotatable bonds is 6. The normalized spacial score (nSPS) is 14.3. The van der Waals surface area contributed by atoms with Crippen molar-refractivity contribution in [3.8, 4) is 0 Å². The number of carbonyl (C=O) groups is 2. The third kappa shape index (κ3) is 3.72. The van der Waals surface area contributed by atoms with Crippen molar-refractivity contribution in [2.75, 3.05) is 0 Å². The van der Waals surface area contributed by atoms with Crippen LogP contribution in [-0.4, -0.2) is 31.9 Å². The van der Waals surface area contributed by atoms with Crippen LogP contribution in [-0.2, 0) is 12.1 Å². The molecule has 2 aromatic heterocycles. The summed E-state index contributed by atoms with van der Waals surface area (Å²) in [6, 6.07) is 15.8. The molecule has 6 rings (SSSR count). The van der Waals surface area contributed by atoms with Crippen molar-refractivity contribution >= 4 is 45.3 Å². The first-order chi connectivity index (χ1) is 16.9. The van der Waals surface area contributed by atoms with E-state index in [9.17, 15) is 14.7 Å². The topological polar surface area (TPSA) is 110 Å². The highest BCUT2D eigenvalue weighted by molar-refractivity contribution is 6.30. The van der Waals surface area contributed by atoms with E-state index in [0.717, 1.165) is 34.7 Å². The fraction of sp³-hybridized carbons (Fsp3) is 0.154. The van der Waals surface area contributed by atoms with Crippen molar-refractivity contribution in [1.82, 2.24) is 20.3 Å². The maximum absolute atomic E-state index is 13.7. The first-order valence-corrected chi connectivity index (χ1v) is 11.4. The van der Waals surface area contributed by atoms with Crippen LogP contribution in [0.5, 0.6) is 0 Å². The first kappa shape index (κ1) is 21.4. The Morgan fingerprint density at radius 3 is 2.60 bits per heavy atom. The zero-order valence-electron chi connectivity index (χ0n) is 18.4. The Morgan fingerprint density at radius 1 is 1.09 bits per heavy atom. The van der Waals surface area contributed by atoms with E-state index in [1.54, 1.807) is 47.4 Å². The quantitative estimate of drug-likeness (QED) is 0.349. The van der Waals surface area contributed by atoms with Gasteiger partial charge in [-0.2, -0.15) is 5.10 Å². The number of aromatic nitrogens is 3. The molecule has 5 aromatic rings. The molecule has 3 aromatic carbocycles. The number of nitrogens with one attached hydrogen (secondary N) is 1. The minimum absolute atomic E-state index is 0.207. The van der Waals surface area contributed by atoms with Crippen LogP contribution in [0, 0.1) is 0 Å². The molecule has 0 spiro atoms. The molecule has 2 heterocycles. The lowest BCUT2D eigenvalue weighted by Gasteiger charge is -2.19. The Morgan fingerprint density at radius 2 is 1.89 bits per heavy atom. The molecule has 1 aliphatic rings. The van der Waals surface area contributed by atoms with Crippen LogP contribution in [0.4, 0.5) is 0 Å². The van der Waals surface area contributed by atoms with E-state index in [2.05, 4.69) is 15.6 Å². The van der Waals surface area contributed by atoms with Crippen LogP contribution in [0.1, 0.15) is 44.7 Å². The first-order valence-electron chi connectivity index (χ1n) is 11.1. The van der Waals surface area contributed by atoms with Crippen LogP contribution < -0.4 is 5.32 Å². The van der Waals surface area contributed by atoms with Crippen molar-refractivity contribution in [3.63, 3.8) is 0 Å². The van der Waals surface area contributed by atoms with Gasteiger partial charge in [-0.3, -0.25) is 9.48 Å². The van der Waals surface area contributed by atoms with Gasteiger partial charge in [-0.1, -0.05) is 41.0 Å². The van der Waals surface area contributed by atoms with Crippen LogP contribution >= 0.6 is 11.6 Å². The number of nitrogens with zero attached hydrogens (tertiary/aromatic N) is 3. The number of fused-ring (bicyclic) bond motifs is 3. The largest absolute Gasteiger partial charge is 0.478 e. The van der Waals surface area contributed by atoms with E-state index in [1.807, 2.05) is 24.3 Å². The number of benzene rings is 3. The summed E-state index contributed by atoms with van der Waals surface area (Å²) in [5, 5.41) is 23.0. The van der Waals surface area contributed by atoms with Gasteiger partial charge in [0.1, 0.15) is 0 Å². The molecule has 0 atom stereocenters. The number of hydrogen-bond donors (Lipinski definition) is 2. The van der Waals surface area contributed by atoms with E-state index in [0.29, 0.717) is 28.2 Å². The van der Waals surface area contributed by atoms with Crippen molar-refractivity contribution in [1.29, 1.82) is 0 Å². The number of hydrogen-bond acceptors (Lipinski definition) is 5. The molecule has 8 nitrogen and oxygen atoms in total. The zero-order valence-corrected chi connectivity index (χ0v) is 19.1. The SMILES string of the molecule is O=C(O)c1ccc(C2(NC(=O)c3cc4oncc4c4cnn(Cc5cccc(Cl)c5)c34)CC2)cc1. The summed E-state index contributed by atoms with van der Waals surface area (Å²) in [5.74, 6) is -1.25. The standard InChI is InChI=1S/C26H19ClN4O4/c27-18-3-1-2-15(10-18)14-31-23-19(11-22-20(13-29-35-22)21(23)12-28-31)24(32)30-26(8-9-26)17-6-4-16(5-7-17)25(33)34/h1-7,10-13H,8-9,14H2,(H,30,32)(H,33,34). The van der Waals surface area contributed by atoms with Gasteiger partial charge < -0.3 is 14.9 Å². The summed E-state index contributed by atoms with van der Waals surface area (Å²) in [6.45, 7) is 0.433. The number of amides is 1. The number of carboxylic acid groups (broad SMARTS) is 1. The van der Waals surface area contributed by atoms with Crippen molar-refractivity contribution in [3.05, 3.63) is 94.3 Å². The molecule has 0 bridgehead atoms. The second-order valence-electron chi connectivity index (χ2n) is 8.77. The van der Waals surface area contributed by atoms with Gasteiger partial charge in [0, 0.05) is 10.4 Å². The minimum Gasteiger partial charge on any atom is -0.478 e. The molecule has 174 valence electrons. The molecule has 0 unspecified atom stereocenters. The molecule has 35 heavy (non-hydrogen) atoms. The van der Waals surface area contributed by atoms with Crippen LogP contribution in [0.2, 0.25) is 5.02 Å². The lowest BCUT2D eigenvalue weighted by atomic mass is 10.0. The number of carboxylic acids is 1. The van der Waals surface area contributed by atoms with Crippen LogP contribution in [0.25, 0.3) is 21.9 Å². The Bertz CT molecular complexity index is 1620. The Labute approximate surface area is 204 Å². The maximum atomic E-state index is 13.7. The van der Waals surface area contributed by atoms with Crippen molar-refractivity contribution < 1.29 is 19.2 Å². The number of carbonyl (C=O) groups excluding carboxylic acids is 1. The maximum Gasteiger partial charge on any atom is 0.335 e. The molecule has 0 radical (unpaired) electrons. The molecule has 2 N–H and O–H groups in total. The molecular formula is C26H19ClN4O4. The van der Waals surface area contributed by atoms with Crippen LogP contribution in [0.15, 0.2) is 71.5 Å². The average Bonchev–Trinajstić information content (AvgIpc) is 3.26. The lowest BCUT2D eigenvalue weighted by molar-refractivity contribution is 0.0696. The van der Waals surface area contributed by atoms with Gasteiger partial charge >= 0.3 is 5.97 Å². The molecule has 9 heteroatoms. The predicted octanol–water partition coefficient (Wildman–Crippen LogP) is 5.00. The smallest absolute Gasteiger partial charge is 0.335 e. The number of aromatic carboxylic acids is 1. The summed E-state index contributed by atoms with van der Waals surface area (Å²) >= 11 is 6.17. The van der Waals surface area contributed by atoms with Gasteiger partial charge in [0.25, 0.3) is 5.91 Å². The van der Waals surface area contributed by atoms with E-state index in [-0.39, 0.29) is 11.5 Å². The third-order valence-corrected chi connectivity index (χ3v) is 6.75. The molecule has 1 aliphatic carbocycles. The van der Waals surface area contributed by atoms with Crippen LogP contribution in [0.3, 0.4) is 0 Å². The van der Waals surface area contributed by atoms with E-state index in [1.165, 1.54) is 0 Å². The fourth-order valence-corrected chi connectivity index (χ4v) is 4.76. The molecule has 1 saturated carbocycles. The Kier molecular flexibility index (Phi) is 4.86. The van der Waals surface area contributed by atoms with Gasteiger partial charge in [-0.15, -0.1) is 0 Å². The second-order valence-corrected chi connectivity index (χ2v) is 9.21. The summed E-state index contributed by atoms with van der Waals surface area (Å²) in [5.41, 5.74) is 3.11. The molecular weight excluding hydrogens is 468 g/mol. The van der Waals surface area contributed by atoms with Crippen molar-refractivity contribution in [2.24, 2.45) is 0 Å². The predicted molar refractivity (Wildman–Crippen MR) is 130 cm³/mol. The second kappa shape index (κ2) is 7.95. The van der Waals surface area contributed by atoms with Gasteiger partial charge in [-0.25, -0.2) is 4.79 Å². The van der Waals surface area contributed by atoms with Gasteiger partial charge in [0.2, 0.25) is 0 Å². The highest BCUT2D eigenvalue weighted by Gasteiger charge is 2.46. The van der Waals surface area contributed by atoms with E-state index in [4.69, 9.17) is 16.1 Å². The van der Waals surface area contributed by atoms with Crippen molar-refractivity contribution in [2.45, 2.75) is 24.9 Å². The summed E-state index contributed by atoms with van der Waals surface area (Å²) in [6.07, 6.45) is 4.87. The Hall–Kier alpha value is -4.17. The minimum atomic E-state index is -0.985. The Balaban J connectivity index is 1.40. The lowest BCUT2D eigenvalue weighted by Crippen LogP contribution is -2.35. The average molecular weight is 487 g/mol. The summed E-state index contributed by atoms with van der Waals surface area (Å²) in [7, 11) is 0. The highest BCUT2D eigenvalue weighted by atomic mass is 35.5. The van der Waals surface area contributed by atoms with Gasteiger partial charge in [0.15, 0.2) is 5.58 Å².